The van der Waals surface area contributed by atoms with Crippen LogP contribution in [0.2, 0.25) is 0 Å². The summed E-state index contributed by atoms with van der Waals surface area (Å²) >= 11 is 2.06. The van der Waals surface area contributed by atoms with Crippen molar-refractivity contribution in [2.75, 3.05) is 13.2 Å². The second-order valence-electron chi connectivity index (χ2n) is 3.34. The molecule has 0 unspecified atom stereocenters. The number of halogens is 2. The molecule has 82 valence electrons. The number of ether oxygens (including phenoxy) is 2. The first-order valence-electron chi connectivity index (χ1n) is 4.54. The molecule has 0 aliphatic carbocycles. The summed E-state index contributed by atoms with van der Waals surface area (Å²) in [5.74, 6) is 0.101. The first-order valence-corrected chi connectivity index (χ1v) is 5.62. The maximum atomic E-state index is 12.9. The molecule has 1 saturated heterocycles. The molecule has 1 N–H and O–H groups in total. The molecule has 1 heterocycles. The van der Waals surface area contributed by atoms with E-state index >= 15 is 0 Å². The summed E-state index contributed by atoms with van der Waals surface area (Å²) in [5.41, 5.74) is 0. The Bertz CT molecular complexity index is 359. The van der Waals surface area contributed by atoms with E-state index in [2.05, 4.69) is 22.6 Å². The zero-order valence-corrected chi connectivity index (χ0v) is 9.98. The van der Waals surface area contributed by atoms with Gasteiger partial charge in [0.05, 0.1) is 16.8 Å². The number of aliphatic hydroxyl groups is 1. The average molecular weight is 324 g/mol. The Hall–Kier alpha value is -0.400. The van der Waals surface area contributed by atoms with Crippen molar-refractivity contribution in [2.24, 2.45) is 0 Å². The van der Waals surface area contributed by atoms with Crippen molar-refractivity contribution < 1.29 is 19.0 Å². The first kappa shape index (κ1) is 11.1. The smallest absolute Gasteiger partial charge is 0.150 e. The Kier molecular flexibility index (Phi) is 3.42. The molecule has 1 aliphatic rings. The highest BCUT2D eigenvalue weighted by molar-refractivity contribution is 14.1. The fraction of sp³-hybridized carbons (Fsp3) is 0.400. The molecule has 0 spiro atoms. The molecule has 1 aliphatic heterocycles. The number of hydrogen-bond acceptors (Lipinski definition) is 3. The van der Waals surface area contributed by atoms with Gasteiger partial charge in [-0.3, -0.25) is 0 Å². The lowest BCUT2D eigenvalue weighted by atomic mass is 10.2. The standard InChI is InChI=1S/C10H10FIO3/c11-6-1-2-7(12)9(3-6)15-10-5-14-4-8(10)13/h1-3,8,10,13H,4-5H2/t8-,10-/m1/s1. The summed E-state index contributed by atoms with van der Waals surface area (Å²) in [6, 6.07) is 4.32. The summed E-state index contributed by atoms with van der Waals surface area (Å²) in [7, 11) is 0. The van der Waals surface area contributed by atoms with Crippen LogP contribution in [0.1, 0.15) is 0 Å². The molecule has 0 saturated carbocycles. The number of aliphatic hydroxyl groups excluding tert-OH is 1. The molecular weight excluding hydrogens is 314 g/mol. The third-order valence-corrected chi connectivity index (χ3v) is 3.06. The predicted molar refractivity (Wildman–Crippen MR) is 60.4 cm³/mol. The zero-order valence-electron chi connectivity index (χ0n) is 7.82. The van der Waals surface area contributed by atoms with Crippen molar-refractivity contribution in [3.05, 3.63) is 27.6 Å². The second kappa shape index (κ2) is 4.63. The van der Waals surface area contributed by atoms with Gasteiger partial charge >= 0.3 is 0 Å². The van der Waals surface area contributed by atoms with Gasteiger partial charge in [0, 0.05) is 6.07 Å². The Morgan fingerprint density at radius 2 is 2.27 bits per heavy atom. The van der Waals surface area contributed by atoms with Gasteiger partial charge in [-0.15, -0.1) is 0 Å². The van der Waals surface area contributed by atoms with Gasteiger partial charge in [-0.2, -0.15) is 0 Å². The van der Waals surface area contributed by atoms with Gasteiger partial charge in [-0.1, -0.05) is 0 Å². The summed E-state index contributed by atoms with van der Waals surface area (Å²) in [4.78, 5) is 0. The van der Waals surface area contributed by atoms with Crippen molar-refractivity contribution in [3.63, 3.8) is 0 Å². The van der Waals surface area contributed by atoms with Gasteiger partial charge in [-0.05, 0) is 34.7 Å². The van der Waals surface area contributed by atoms with Crippen molar-refractivity contribution >= 4 is 22.6 Å². The number of hydrogen-bond donors (Lipinski definition) is 1. The maximum absolute atomic E-state index is 12.9. The molecule has 1 aromatic carbocycles. The van der Waals surface area contributed by atoms with Crippen LogP contribution in [0, 0.1) is 9.39 Å². The van der Waals surface area contributed by atoms with E-state index in [0.29, 0.717) is 12.4 Å². The quantitative estimate of drug-likeness (QED) is 0.840. The molecule has 1 fully saturated rings. The molecule has 0 aromatic heterocycles. The van der Waals surface area contributed by atoms with E-state index in [9.17, 15) is 9.50 Å². The molecule has 1 aromatic rings. The largest absolute Gasteiger partial charge is 0.484 e. The molecule has 0 radical (unpaired) electrons. The Morgan fingerprint density at radius 3 is 2.93 bits per heavy atom. The van der Waals surface area contributed by atoms with Crippen molar-refractivity contribution in [1.82, 2.24) is 0 Å². The SMILES string of the molecule is O[C@@H]1COC[C@H]1Oc1cc(F)ccc1I. The lowest BCUT2D eigenvalue weighted by molar-refractivity contribution is 0.0726. The topological polar surface area (TPSA) is 38.7 Å². The minimum absolute atomic E-state index is 0.274. The lowest BCUT2D eigenvalue weighted by Gasteiger charge is -2.16. The van der Waals surface area contributed by atoms with Gasteiger partial charge in [-0.25, -0.2) is 4.39 Å². The minimum Gasteiger partial charge on any atom is -0.484 e. The summed E-state index contributed by atoms with van der Waals surface area (Å²) < 4.78 is 24.3. The molecule has 5 heteroatoms. The molecule has 15 heavy (non-hydrogen) atoms. The Morgan fingerprint density at radius 1 is 1.47 bits per heavy atom. The van der Waals surface area contributed by atoms with Crippen molar-refractivity contribution in [1.29, 1.82) is 0 Å². The highest BCUT2D eigenvalue weighted by Crippen LogP contribution is 2.24. The van der Waals surface area contributed by atoms with Crippen LogP contribution in [0.5, 0.6) is 5.75 Å². The maximum Gasteiger partial charge on any atom is 0.150 e. The highest BCUT2D eigenvalue weighted by Gasteiger charge is 2.28. The van der Waals surface area contributed by atoms with Crippen LogP contribution in [0.4, 0.5) is 4.39 Å². The lowest BCUT2D eigenvalue weighted by Crippen LogP contribution is -2.30. The normalized spacial score (nSPS) is 25.5. The third kappa shape index (κ3) is 2.59. The molecule has 0 amide bonds. The van der Waals surface area contributed by atoms with Crippen molar-refractivity contribution in [2.45, 2.75) is 12.2 Å². The zero-order chi connectivity index (χ0) is 10.8. The molecular formula is C10H10FIO3. The van der Waals surface area contributed by atoms with Gasteiger partial charge in [0.15, 0.2) is 0 Å². The minimum atomic E-state index is -0.635. The second-order valence-corrected chi connectivity index (χ2v) is 4.50. The third-order valence-electron chi connectivity index (χ3n) is 2.17. The van der Waals surface area contributed by atoms with E-state index in [1.807, 2.05) is 0 Å². The van der Waals surface area contributed by atoms with E-state index in [1.54, 1.807) is 6.07 Å². The monoisotopic (exact) mass is 324 g/mol. The average Bonchev–Trinajstić information content (AvgIpc) is 2.58. The molecule has 2 atom stereocenters. The van der Waals surface area contributed by atoms with Gasteiger partial charge in [0.1, 0.15) is 23.8 Å². The summed E-state index contributed by atoms with van der Waals surface area (Å²) in [6.07, 6.45) is -1.04. The predicted octanol–water partition coefficient (Wildman–Crippen LogP) is 1.57. The van der Waals surface area contributed by atoms with E-state index in [-0.39, 0.29) is 12.4 Å². The molecule has 0 bridgehead atoms. The fourth-order valence-electron chi connectivity index (χ4n) is 1.37. The van der Waals surface area contributed by atoms with E-state index in [4.69, 9.17) is 9.47 Å². The van der Waals surface area contributed by atoms with Gasteiger partial charge < -0.3 is 14.6 Å². The van der Waals surface area contributed by atoms with Crippen LogP contribution in [0.25, 0.3) is 0 Å². The van der Waals surface area contributed by atoms with E-state index in [0.717, 1.165) is 3.57 Å². The number of rotatable bonds is 2. The number of benzene rings is 1. The molecule has 3 nitrogen and oxygen atoms in total. The Labute approximate surface area is 100 Å². The van der Waals surface area contributed by atoms with Crippen LogP contribution in [-0.2, 0) is 4.74 Å². The van der Waals surface area contributed by atoms with Crippen molar-refractivity contribution in [3.8, 4) is 5.75 Å². The van der Waals surface area contributed by atoms with Crippen LogP contribution in [-0.4, -0.2) is 30.5 Å². The highest BCUT2D eigenvalue weighted by atomic mass is 127. The van der Waals surface area contributed by atoms with Crippen LogP contribution >= 0.6 is 22.6 Å². The van der Waals surface area contributed by atoms with Gasteiger partial charge in [0.2, 0.25) is 0 Å². The summed E-state index contributed by atoms with van der Waals surface area (Å²) in [6.45, 7) is 0.615. The van der Waals surface area contributed by atoms with E-state index in [1.165, 1.54) is 12.1 Å². The van der Waals surface area contributed by atoms with Crippen LogP contribution in [0.3, 0.4) is 0 Å². The van der Waals surface area contributed by atoms with Gasteiger partial charge in [0.25, 0.3) is 0 Å². The molecule has 2 rings (SSSR count). The summed E-state index contributed by atoms with van der Waals surface area (Å²) in [5, 5.41) is 9.46. The van der Waals surface area contributed by atoms with E-state index < -0.39 is 12.2 Å². The first-order chi connectivity index (χ1) is 7.16. The van der Waals surface area contributed by atoms with Crippen LogP contribution < -0.4 is 4.74 Å². The van der Waals surface area contributed by atoms with Crippen LogP contribution in [0.15, 0.2) is 18.2 Å². The fourth-order valence-corrected chi connectivity index (χ4v) is 1.83. The Balaban J connectivity index is 2.12.